The third-order valence-corrected chi connectivity index (χ3v) is 5.29. The van der Waals surface area contributed by atoms with Crippen molar-refractivity contribution < 1.29 is 4.74 Å². The molecule has 1 saturated heterocycles. The van der Waals surface area contributed by atoms with Crippen LogP contribution in [0.1, 0.15) is 11.1 Å². The van der Waals surface area contributed by atoms with Crippen LogP contribution in [0.15, 0.2) is 46.8 Å². The number of guanidine groups is 1. The Hall–Kier alpha value is -2.05. The Morgan fingerprint density at radius 3 is 2.64 bits per heavy atom. The summed E-state index contributed by atoms with van der Waals surface area (Å²) < 4.78 is 5.21. The van der Waals surface area contributed by atoms with E-state index in [9.17, 15) is 0 Å². The van der Waals surface area contributed by atoms with Gasteiger partial charge < -0.3 is 19.9 Å². The van der Waals surface area contributed by atoms with Gasteiger partial charge in [0.05, 0.1) is 11.6 Å². The number of nitrogens with one attached hydrogen (secondary N) is 1. The molecule has 0 aliphatic carbocycles. The Morgan fingerprint density at radius 2 is 1.96 bits per heavy atom. The van der Waals surface area contributed by atoms with Crippen molar-refractivity contribution in [3.63, 3.8) is 0 Å². The molecule has 0 radical (unpaired) electrons. The number of hydrogen-bond acceptors (Lipinski definition) is 4. The molecule has 0 saturated carbocycles. The smallest absolute Gasteiger partial charge is 0.194 e. The molecule has 25 heavy (non-hydrogen) atoms. The van der Waals surface area contributed by atoms with Crippen LogP contribution in [0.3, 0.4) is 0 Å². The van der Waals surface area contributed by atoms with Crippen molar-refractivity contribution >= 4 is 22.3 Å². The van der Waals surface area contributed by atoms with Gasteiger partial charge in [-0.2, -0.15) is 0 Å². The molecule has 1 fully saturated rings. The van der Waals surface area contributed by atoms with Gasteiger partial charge in [-0.1, -0.05) is 24.3 Å². The van der Waals surface area contributed by atoms with Crippen LogP contribution < -0.4 is 10.2 Å². The fraction of sp³-hybridized carbons (Fsp3) is 0.421. The molecule has 2 heterocycles. The zero-order valence-electron chi connectivity index (χ0n) is 14.9. The zero-order valence-corrected chi connectivity index (χ0v) is 15.8. The highest BCUT2D eigenvalue weighted by atomic mass is 32.1. The van der Waals surface area contributed by atoms with Crippen molar-refractivity contribution in [3.05, 3.63) is 52.9 Å². The number of ether oxygens (including phenoxy) is 1. The second-order valence-electron chi connectivity index (χ2n) is 6.08. The third kappa shape index (κ3) is 4.74. The number of hydrogen-bond donors (Lipinski definition) is 1. The molecule has 1 N–H and O–H groups in total. The van der Waals surface area contributed by atoms with E-state index in [0.717, 1.165) is 38.7 Å². The summed E-state index contributed by atoms with van der Waals surface area (Å²) in [4.78, 5) is 9.25. The molecule has 134 valence electrons. The number of nitrogens with zero attached hydrogens (tertiary/aromatic N) is 3. The van der Waals surface area contributed by atoms with E-state index >= 15 is 0 Å². The summed E-state index contributed by atoms with van der Waals surface area (Å²) in [5.74, 6) is 0.975. The van der Waals surface area contributed by atoms with Gasteiger partial charge in [0.1, 0.15) is 0 Å². The number of benzene rings is 1. The van der Waals surface area contributed by atoms with Crippen LogP contribution in [0.5, 0.6) is 0 Å². The normalized spacial score (nSPS) is 15.5. The minimum absolute atomic E-state index is 0.646. The van der Waals surface area contributed by atoms with Crippen molar-refractivity contribution in [2.24, 2.45) is 4.99 Å². The number of aliphatic imine (C=N–C) groups is 1. The lowest BCUT2D eigenvalue weighted by Gasteiger charge is -2.37. The molecular weight excluding hydrogens is 332 g/mol. The standard InChI is InChI=1S/C19H26N4OS/c1-20-19(21-14-16-5-3-6-17(13-16)15-24-2)23-10-8-22(9-11-23)18-7-4-12-25-18/h3-7,12-13H,8-11,14-15H2,1-2H3,(H,20,21). The van der Waals surface area contributed by atoms with Crippen LogP contribution in [0.25, 0.3) is 0 Å². The molecular formula is C19H26N4OS. The predicted octanol–water partition coefficient (Wildman–Crippen LogP) is 2.79. The van der Waals surface area contributed by atoms with Gasteiger partial charge in [0.25, 0.3) is 0 Å². The van der Waals surface area contributed by atoms with Crippen LogP contribution in [-0.2, 0) is 17.9 Å². The van der Waals surface area contributed by atoms with Crippen LogP contribution in [0.4, 0.5) is 5.00 Å². The summed E-state index contributed by atoms with van der Waals surface area (Å²) in [6.45, 7) is 5.46. The largest absolute Gasteiger partial charge is 0.380 e. The lowest BCUT2D eigenvalue weighted by molar-refractivity contribution is 0.185. The second-order valence-corrected chi connectivity index (χ2v) is 7.01. The van der Waals surface area contributed by atoms with Gasteiger partial charge in [-0.15, -0.1) is 11.3 Å². The lowest BCUT2D eigenvalue weighted by atomic mass is 10.1. The van der Waals surface area contributed by atoms with Gasteiger partial charge in [-0.3, -0.25) is 4.99 Å². The van der Waals surface area contributed by atoms with E-state index in [2.05, 4.69) is 61.9 Å². The molecule has 6 heteroatoms. The van der Waals surface area contributed by atoms with Crippen molar-refractivity contribution in [1.29, 1.82) is 0 Å². The highest BCUT2D eigenvalue weighted by Crippen LogP contribution is 2.22. The highest BCUT2D eigenvalue weighted by Gasteiger charge is 2.20. The zero-order chi connectivity index (χ0) is 17.5. The van der Waals surface area contributed by atoms with E-state index in [-0.39, 0.29) is 0 Å². The Morgan fingerprint density at radius 1 is 1.16 bits per heavy atom. The maximum atomic E-state index is 5.21. The number of piperazine rings is 1. The fourth-order valence-corrected chi connectivity index (χ4v) is 3.88. The van der Waals surface area contributed by atoms with E-state index in [1.807, 2.05) is 18.4 Å². The molecule has 0 bridgehead atoms. The Labute approximate surface area is 153 Å². The van der Waals surface area contributed by atoms with Gasteiger partial charge in [0.2, 0.25) is 0 Å². The summed E-state index contributed by atoms with van der Waals surface area (Å²) in [6.07, 6.45) is 0. The van der Waals surface area contributed by atoms with Gasteiger partial charge >= 0.3 is 0 Å². The molecule has 2 aromatic rings. The first-order valence-electron chi connectivity index (χ1n) is 8.61. The van der Waals surface area contributed by atoms with E-state index in [0.29, 0.717) is 6.61 Å². The van der Waals surface area contributed by atoms with E-state index < -0.39 is 0 Å². The van der Waals surface area contributed by atoms with Gasteiger partial charge in [-0.25, -0.2) is 0 Å². The van der Waals surface area contributed by atoms with Crippen molar-refractivity contribution in [2.45, 2.75) is 13.2 Å². The summed E-state index contributed by atoms with van der Waals surface area (Å²) in [6, 6.07) is 12.8. The van der Waals surface area contributed by atoms with Gasteiger partial charge in [0.15, 0.2) is 5.96 Å². The van der Waals surface area contributed by atoms with E-state index in [4.69, 9.17) is 4.74 Å². The maximum absolute atomic E-state index is 5.21. The molecule has 1 aromatic heterocycles. The first-order valence-corrected chi connectivity index (χ1v) is 9.49. The van der Waals surface area contributed by atoms with Gasteiger partial charge in [0, 0.05) is 46.9 Å². The maximum Gasteiger partial charge on any atom is 0.194 e. The van der Waals surface area contributed by atoms with Crippen LogP contribution in [0, 0.1) is 0 Å². The van der Waals surface area contributed by atoms with E-state index in [1.54, 1.807) is 7.11 Å². The number of thiophene rings is 1. The average molecular weight is 359 g/mol. The predicted molar refractivity (Wildman–Crippen MR) is 105 cm³/mol. The van der Waals surface area contributed by atoms with Crippen molar-refractivity contribution in [1.82, 2.24) is 10.2 Å². The minimum atomic E-state index is 0.646. The van der Waals surface area contributed by atoms with Gasteiger partial charge in [-0.05, 0) is 28.6 Å². The molecule has 1 aliphatic rings. The summed E-state index contributed by atoms with van der Waals surface area (Å²) >= 11 is 1.81. The van der Waals surface area contributed by atoms with Crippen LogP contribution >= 0.6 is 11.3 Å². The minimum Gasteiger partial charge on any atom is -0.380 e. The van der Waals surface area contributed by atoms with Crippen molar-refractivity contribution in [3.8, 4) is 0 Å². The van der Waals surface area contributed by atoms with Crippen LogP contribution in [-0.4, -0.2) is 51.2 Å². The molecule has 1 aromatic carbocycles. The Balaban J connectivity index is 1.52. The fourth-order valence-electron chi connectivity index (χ4n) is 3.10. The number of methoxy groups -OCH3 is 1. The summed E-state index contributed by atoms with van der Waals surface area (Å²) in [5, 5.41) is 6.99. The summed E-state index contributed by atoms with van der Waals surface area (Å²) in [5.41, 5.74) is 2.44. The molecule has 0 atom stereocenters. The third-order valence-electron chi connectivity index (χ3n) is 4.36. The van der Waals surface area contributed by atoms with E-state index in [1.165, 1.54) is 16.1 Å². The Bertz CT molecular complexity index is 678. The topological polar surface area (TPSA) is 40.1 Å². The Kier molecular flexibility index (Phi) is 6.30. The van der Waals surface area contributed by atoms with Crippen molar-refractivity contribution in [2.75, 3.05) is 45.2 Å². The number of anilines is 1. The molecule has 0 amide bonds. The first-order chi connectivity index (χ1) is 12.3. The summed E-state index contributed by atoms with van der Waals surface area (Å²) in [7, 11) is 3.58. The number of rotatable bonds is 5. The average Bonchev–Trinajstić information content (AvgIpc) is 3.18. The first kappa shape index (κ1) is 17.8. The van der Waals surface area contributed by atoms with Crippen LogP contribution in [0.2, 0.25) is 0 Å². The monoisotopic (exact) mass is 358 g/mol. The quantitative estimate of drug-likeness (QED) is 0.659. The molecule has 5 nitrogen and oxygen atoms in total. The second kappa shape index (κ2) is 8.87. The SMILES string of the molecule is CN=C(NCc1cccc(COC)c1)N1CCN(c2cccs2)CC1. The molecule has 3 rings (SSSR count). The lowest BCUT2D eigenvalue weighted by Crippen LogP contribution is -2.52. The molecule has 0 spiro atoms. The molecule has 0 unspecified atom stereocenters. The molecule has 1 aliphatic heterocycles. The highest BCUT2D eigenvalue weighted by molar-refractivity contribution is 7.14.